The molecule has 0 bridgehead atoms. The van der Waals surface area contributed by atoms with Crippen molar-refractivity contribution in [3.8, 4) is 0 Å². The first-order chi connectivity index (χ1) is 7.68. The first-order valence-electron chi connectivity index (χ1n) is 5.74. The Morgan fingerprint density at radius 2 is 2.25 bits per heavy atom. The van der Waals surface area contributed by atoms with Gasteiger partial charge in [-0.05, 0) is 25.5 Å². The second-order valence-electron chi connectivity index (χ2n) is 4.46. The minimum Gasteiger partial charge on any atom is -0.376 e. The molecule has 2 heterocycles. The number of rotatable bonds is 2. The molecular formula is C12H18ClN3. The third kappa shape index (κ3) is 2.47. The molecule has 0 aromatic carbocycles. The number of piperidine rings is 1. The molecule has 0 radical (unpaired) electrons. The van der Waals surface area contributed by atoms with Crippen LogP contribution in [0, 0.1) is 0 Å². The van der Waals surface area contributed by atoms with E-state index >= 15 is 0 Å². The molecular weight excluding hydrogens is 222 g/mol. The van der Waals surface area contributed by atoms with Gasteiger partial charge in [0.25, 0.3) is 0 Å². The molecule has 88 valence electrons. The SMILES string of the molecule is CN(C)c1cc(C2CCCCN2)ncc1Cl. The van der Waals surface area contributed by atoms with E-state index in [0.29, 0.717) is 11.1 Å². The monoisotopic (exact) mass is 239 g/mol. The van der Waals surface area contributed by atoms with Gasteiger partial charge in [0.05, 0.1) is 16.4 Å². The molecule has 1 saturated heterocycles. The molecule has 1 aromatic heterocycles. The van der Waals surface area contributed by atoms with E-state index in [1.165, 1.54) is 19.3 Å². The van der Waals surface area contributed by atoms with Crippen LogP contribution in [-0.4, -0.2) is 25.6 Å². The van der Waals surface area contributed by atoms with Gasteiger partial charge in [0.1, 0.15) is 0 Å². The number of halogens is 1. The zero-order valence-corrected chi connectivity index (χ0v) is 10.6. The van der Waals surface area contributed by atoms with E-state index in [1.807, 2.05) is 19.0 Å². The van der Waals surface area contributed by atoms with Crippen LogP contribution in [0.1, 0.15) is 31.0 Å². The first-order valence-corrected chi connectivity index (χ1v) is 6.12. The quantitative estimate of drug-likeness (QED) is 0.860. The predicted molar refractivity (Wildman–Crippen MR) is 68.2 cm³/mol. The Labute approximate surface area is 102 Å². The van der Waals surface area contributed by atoms with E-state index in [4.69, 9.17) is 11.6 Å². The second kappa shape index (κ2) is 5.02. The molecule has 0 saturated carbocycles. The third-order valence-electron chi connectivity index (χ3n) is 3.01. The van der Waals surface area contributed by atoms with Gasteiger partial charge in [-0.1, -0.05) is 18.0 Å². The minimum atomic E-state index is 0.393. The van der Waals surface area contributed by atoms with Crippen molar-refractivity contribution in [2.24, 2.45) is 0 Å². The van der Waals surface area contributed by atoms with Crippen LogP contribution >= 0.6 is 11.6 Å². The van der Waals surface area contributed by atoms with Crippen LogP contribution in [-0.2, 0) is 0 Å². The normalized spacial score (nSPS) is 20.8. The molecule has 1 fully saturated rings. The van der Waals surface area contributed by atoms with Gasteiger partial charge >= 0.3 is 0 Å². The molecule has 1 atom stereocenters. The summed E-state index contributed by atoms with van der Waals surface area (Å²) in [7, 11) is 4.00. The molecule has 1 unspecified atom stereocenters. The fourth-order valence-electron chi connectivity index (χ4n) is 2.08. The largest absolute Gasteiger partial charge is 0.376 e. The Kier molecular flexibility index (Phi) is 3.66. The Balaban J connectivity index is 2.24. The van der Waals surface area contributed by atoms with E-state index < -0.39 is 0 Å². The Morgan fingerprint density at radius 1 is 1.44 bits per heavy atom. The molecule has 1 aliphatic heterocycles. The maximum Gasteiger partial charge on any atom is 0.0822 e. The van der Waals surface area contributed by atoms with Crippen LogP contribution in [0.4, 0.5) is 5.69 Å². The number of hydrogen-bond acceptors (Lipinski definition) is 3. The Hall–Kier alpha value is -0.800. The predicted octanol–water partition coefficient (Wildman–Crippen LogP) is 2.62. The summed E-state index contributed by atoms with van der Waals surface area (Å²) in [6.07, 6.45) is 5.47. The number of pyridine rings is 1. The van der Waals surface area contributed by atoms with Gasteiger partial charge in [-0.15, -0.1) is 0 Å². The summed E-state index contributed by atoms with van der Waals surface area (Å²) >= 11 is 6.11. The van der Waals surface area contributed by atoms with Gasteiger partial charge < -0.3 is 10.2 Å². The van der Waals surface area contributed by atoms with E-state index in [-0.39, 0.29) is 0 Å². The van der Waals surface area contributed by atoms with Gasteiger partial charge in [-0.2, -0.15) is 0 Å². The van der Waals surface area contributed by atoms with E-state index in [1.54, 1.807) is 6.20 Å². The van der Waals surface area contributed by atoms with Crippen molar-refractivity contribution in [1.82, 2.24) is 10.3 Å². The lowest BCUT2D eigenvalue weighted by atomic mass is 10.0. The zero-order valence-electron chi connectivity index (χ0n) is 9.83. The number of anilines is 1. The van der Waals surface area contributed by atoms with Crippen LogP contribution in [0.3, 0.4) is 0 Å². The third-order valence-corrected chi connectivity index (χ3v) is 3.30. The summed E-state index contributed by atoms with van der Waals surface area (Å²) < 4.78 is 0. The Morgan fingerprint density at radius 3 is 2.88 bits per heavy atom. The van der Waals surface area contributed by atoms with Crippen molar-refractivity contribution in [2.45, 2.75) is 25.3 Å². The zero-order chi connectivity index (χ0) is 11.5. The average Bonchev–Trinajstić information content (AvgIpc) is 2.30. The van der Waals surface area contributed by atoms with Gasteiger partial charge in [-0.3, -0.25) is 4.98 Å². The van der Waals surface area contributed by atoms with Gasteiger partial charge in [-0.25, -0.2) is 0 Å². The van der Waals surface area contributed by atoms with E-state index in [9.17, 15) is 0 Å². The second-order valence-corrected chi connectivity index (χ2v) is 4.86. The van der Waals surface area contributed by atoms with Crippen molar-refractivity contribution >= 4 is 17.3 Å². The minimum absolute atomic E-state index is 0.393. The summed E-state index contributed by atoms with van der Waals surface area (Å²) in [6.45, 7) is 1.09. The molecule has 0 aliphatic carbocycles. The van der Waals surface area contributed by atoms with Crippen LogP contribution in [0.2, 0.25) is 5.02 Å². The number of nitrogens with zero attached hydrogens (tertiary/aromatic N) is 2. The molecule has 16 heavy (non-hydrogen) atoms. The van der Waals surface area contributed by atoms with Crippen molar-refractivity contribution in [2.75, 3.05) is 25.5 Å². The van der Waals surface area contributed by atoms with Crippen molar-refractivity contribution in [3.05, 3.63) is 23.0 Å². The molecule has 3 nitrogen and oxygen atoms in total. The van der Waals surface area contributed by atoms with Crippen molar-refractivity contribution < 1.29 is 0 Å². The van der Waals surface area contributed by atoms with Crippen molar-refractivity contribution in [1.29, 1.82) is 0 Å². The lowest BCUT2D eigenvalue weighted by molar-refractivity contribution is 0.405. The van der Waals surface area contributed by atoms with Crippen LogP contribution < -0.4 is 10.2 Å². The highest BCUT2D eigenvalue weighted by Gasteiger charge is 2.17. The number of aromatic nitrogens is 1. The number of nitrogens with one attached hydrogen (secondary N) is 1. The van der Waals surface area contributed by atoms with E-state index in [2.05, 4.69) is 16.4 Å². The maximum atomic E-state index is 6.11. The molecule has 4 heteroatoms. The van der Waals surface area contributed by atoms with Crippen LogP contribution in [0.5, 0.6) is 0 Å². The lowest BCUT2D eigenvalue weighted by Crippen LogP contribution is -2.27. The summed E-state index contributed by atoms with van der Waals surface area (Å²) in [5.41, 5.74) is 2.15. The molecule has 0 amide bonds. The molecule has 2 rings (SSSR count). The highest BCUT2D eigenvalue weighted by molar-refractivity contribution is 6.33. The standard InChI is InChI=1S/C12H18ClN3/c1-16(2)12-7-11(15-8-9(12)13)10-5-3-4-6-14-10/h7-8,10,14H,3-6H2,1-2H3. The summed E-state index contributed by atoms with van der Waals surface area (Å²) in [5.74, 6) is 0. The topological polar surface area (TPSA) is 28.2 Å². The smallest absolute Gasteiger partial charge is 0.0822 e. The van der Waals surface area contributed by atoms with Crippen LogP contribution in [0.15, 0.2) is 12.3 Å². The summed E-state index contributed by atoms with van der Waals surface area (Å²) in [5, 5.41) is 4.21. The van der Waals surface area contributed by atoms with Crippen molar-refractivity contribution in [3.63, 3.8) is 0 Å². The van der Waals surface area contributed by atoms with Gasteiger partial charge in [0.2, 0.25) is 0 Å². The van der Waals surface area contributed by atoms with Gasteiger partial charge in [0, 0.05) is 26.3 Å². The first kappa shape index (κ1) is 11.7. The van der Waals surface area contributed by atoms with Gasteiger partial charge in [0.15, 0.2) is 0 Å². The fraction of sp³-hybridized carbons (Fsp3) is 0.583. The lowest BCUT2D eigenvalue weighted by Gasteiger charge is -2.24. The molecule has 1 aromatic rings. The summed E-state index contributed by atoms with van der Waals surface area (Å²) in [6, 6.07) is 2.48. The van der Waals surface area contributed by atoms with E-state index in [0.717, 1.165) is 17.9 Å². The highest BCUT2D eigenvalue weighted by Crippen LogP contribution is 2.28. The summed E-state index contributed by atoms with van der Waals surface area (Å²) in [4.78, 5) is 6.45. The Bertz CT molecular complexity index is 359. The maximum absolute atomic E-state index is 6.11. The fourth-order valence-corrected chi connectivity index (χ4v) is 2.35. The molecule has 0 spiro atoms. The number of hydrogen-bond donors (Lipinski definition) is 1. The van der Waals surface area contributed by atoms with Crippen LogP contribution in [0.25, 0.3) is 0 Å². The molecule has 1 N–H and O–H groups in total. The molecule has 1 aliphatic rings. The average molecular weight is 240 g/mol. The highest BCUT2D eigenvalue weighted by atomic mass is 35.5.